The van der Waals surface area contributed by atoms with Gasteiger partial charge in [-0.25, -0.2) is 4.68 Å². The summed E-state index contributed by atoms with van der Waals surface area (Å²) in [6, 6.07) is 0. The van der Waals surface area contributed by atoms with E-state index in [4.69, 9.17) is 15.0 Å². The topological polar surface area (TPSA) is 119 Å². The summed E-state index contributed by atoms with van der Waals surface area (Å²) in [7, 11) is -2.44. The number of ether oxygens (including phenoxy) is 1. The molecule has 1 rings (SSSR count). The lowest BCUT2D eigenvalue weighted by Gasteiger charge is -2.09. The first kappa shape index (κ1) is 13.7. The van der Waals surface area contributed by atoms with Crippen LogP contribution in [-0.2, 0) is 21.4 Å². The number of aryl methyl sites for hydroxylation is 1. The minimum absolute atomic E-state index is 0.0331. The van der Waals surface area contributed by atoms with Crippen molar-refractivity contribution in [3.05, 3.63) is 6.20 Å². The number of nitrogen functional groups attached to an aromatic ring is 1. The van der Waals surface area contributed by atoms with E-state index in [0.29, 0.717) is 24.7 Å². The van der Waals surface area contributed by atoms with Crippen LogP contribution in [0.2, 0.25) is 0 Å². The molecule has 0 aromatic carbocycles. The Bertz CT molecular complexity index is 456. The molecule has 17 heavy (non-hydrogen) atoms. The molecule has 0 saturated heterocycles. The van der Waals surface area contributed by atoms with Crippen molar-refractivity contribution in [2.24, 2.45) is 0 Å². The Balaban J connectivity index is 2.65. The summed E-state index contributed by atoms with van der Waals surface area (Å²) in [5.41, 5.74) is 6.08. The number of hydrogen-bond acceptors (Lipinski definition) is 6. The molecular weight excluding hydrogens is 248 g/mol. The fourth-order valence-electron chi connectivity index (χ4n) is 1.24. The standard InChI is InChI=1S/C8H16N4O4S/c1-16-4-2-10-8-7(9)6-11-12(8)3-5-17(13,14)15/h6,10H,2-5,9H2,1H3,(H,13,14,15). The number of anilines is 2. The Hall–Kier alpha value is -1.32. The highest BCUT2D eigenvalue weighted by Gasteiger charge is 2.11. The van der Waals surface area contributed by atoms with Gasteiger partial charge in [-0.15, -0.1) is 0 Å². The number of nitrogens with one attached hydrogen (secondary N) is 1. The molecule has 0 saturated carbocycles. The molecule has 0 aliphatic heterocycles. The molecule has 0 radical (unpaired) electrons. The van der Waals surface area contributed by atoms with Crippen molar-refractivity contribution < 1.29 is 17.7 Å². The second-order valence-electron chi connectivity index (χ2n) is 3.38. The van der Waals surface area contributed by atoms with E-state index in [9.17, 15) is 8.42 Å². The first-order valence-corrected chi connectivity index (χ1v) is 6.54. The van der Waals surface area contributed by atoms with Gasteiger partial charge >= 0.3 is 0 Å². The van der Waals surface area contributed by atoms with Gasteiger partial charge in [0.2, 0.25) is 0 Å². The molecule has 1 heterocycles. The van der Waals surface area contributed by atoms with E-state index < -0.39 is 15.9 Å². The van der Waals surface area contributed by atoms with Gasteiger partial charge in [0, 0.05) is 13.7 Å². The Morgan fingerprint density at radius 3 is 2.94 bits per heavy atom. The molecule has 9 heteroatoms. The largest absolute Gasteiger partial charge is 0.394 e. The van der Waals surface area contributed by atoms with E-state index in [1.165, 1.54) is 10.9 Å². The van der Waals surface area contributed by atoms with Crippen molar-refractivity contribution in [2.75, 3.05) is 37.1 Å². The van der Waals surface area contributed by atoms with Crippen LogP contribution in [0.4, 0.5) is 11.5 Å². The van der Waals surface area contributed by atoms with Crippen LogP contribution in [0.25, 0.3) is 0 Å². The van der Waals surface area contributed by atoms with Crippen molar-refractivity contribution in [2.45, 2.75) is 6.54 Å². The average Bonchev–Trinajstić information content (AvgIpc) is 2.57. The molecule has 8 nitrogen and oxygen atoms in total. The van der Waals surface area contributed by atoms with Gasteiger partial charge in [-0.3, -0.25) is 4.55 Å². The third-order valence-corrected chi connectivity index (χ3v) is 2.73. The van der Waals surface area contributed by atoms with Crippen LogP contribution in [0.5, 0.6) is 0 Å². The van der Waals surface area contributed by atoms with E-state index in [1.54, 1.807) is 7.11 Å². The molecule has 0 amide bonds. The number of nitrogens with two attached hydrogens (primary N) is 1. The molecule has 0 aliphatic rings. The molecule has 98 valence electrons. The van der Waals surface area contributed by atoms with Gasteiger partial charge in [0.1, 0.15) is 5.82 Å². The van der Waals surface area contributed by atoms with Gasteiger partial charge in [0.25, 0.3) is 10.1 Å². The summed E-state index contributed by atoms with van der Waals surface area (Å²) in [5.74, 6) is 0.110. The van der Waals surface area contributed by atoms with Crippen LogP contribution < -0.4 is 11.1 Å². The van der Waals surface area contributed by atoms with Crippen LogP contribution >= 0.6 is 0 Å². The van der Waals surface area contributed by atoms with Crippen molar-refractivity contribution in [1.82, 2.24) is 9.78 Å². The fraction of sp³-hybridized carbons (Fsp3) is 0.625. The van der Waals surface area contributed by atoms with Gasteiger partial charge in [0.15, 0.2) is 0 Å². The van der Waals surface area contributed by atoms with Crippen LogP contribution in [0, 0.1) is 0 Å². The number of rotatable bonds is 7. The van der Waals surface area contributed by atoms with Gasteiger partial charge in [-0.1, -0.05) is 0 Å². The van der Waals surface area contributed by atoms with Crippen molar-refractivity contribution >= 4 is 21.6 Å². The highest BCUT2D eigenvalue weighted by molar-refractivity contribution is 7.85. The molecule has 0 atom stereocenters. The molecule has 0 fully saturated rings. The predicted octanol–water partition coefficient (Wildman–Crippen LogP) is -0.589. The molecule has 0 aliphatic carbocycles. The lowest BCUT2D eigenvalue weighted by atomic mass is 10.5. The van der Waals surface area contributed by atoms with E-state index in [1.807, 2.05) is 0 Å². The van der Waals surface area contributed by atoms with Crippen molar-refractivity contribution in [3.63, 3.8) is 0 Å². The minimum Gasteiger partial charge on any atom is -0.394 e. The lowest BCUT2D eigenvalue weighted by Crippen LogP contribution is -2.17. The molecule has 0 unspecified atom stereocenters. The normalized spacial score (nSPS) is 11.6. The highest BCUT2D eigenvalue weighted by Crippen LogP contribution is 2.16. The van der Waals surface area contributed by atoms with Crippen LogP contribution in [0.1, 0.15) is 0 Å². The summed E-state index contributed by atoms with van der Waals surface area (Å²) < 4.78 is 36.2. The van der Waals surface area contributed by atoms with Gasteiger partial charge < -0.3 is 15.8 Å². The maximum Gasteiger partial charge on any atom is 0.266 e. The summed E-state index contributed by atoms with van der Waals surface area (Å²) in [4.78, 5) is 0. The number of aromatic nitrogens is 2. The molecule has 0 spiro atoms. The van der Waals surface area contributed by atoms with Gasteiger partial charge in [-0.2, -0.15) is 13.5 Å². The highest BCUT2D eigenvalue weighted by atomic mass is 32.2. The van der Waals surface area contributed by atoms with Crippen LogP contribution in [0.3, 0.4) is 0 Å². The summed E-state index contributed by atoms with van der Waals surface area (Å²) in [6.45, 7) is 1.05. The zero-order valence-corrected chi connectivity index (χ0v) is 10.3. The summed E-state index contributed by atoms with van der Waals surface area (Å²) in [6.07, 6.45) is 1.42. The lowest BCUT2D eigenvalue weighted by molar-refractivity contribution is 0.210. The second kappa shape index (κ2) is 5.84. The minimum atomic E-state index is -4.01. The molecule has 4 N–H and O–H groups in total. The monoisotopic (exact) mass is 264 g/mol. The first-order chi connectivity index (χ1) is 7.94. The van der Waals surface area contributed by atoms with Crippen molar-refractivity contribution in [1.29, 1.82) is 0 Å². The maximum absolute atomic E-state index is 10.6. The number of methoxy groups -OCH3 is 1. The van der Waals surface area contributed by atoms with E-state index >= 15 is 0 Å². The predicted molar refractivity (Wildman–Crippen MR) is 63.4 cm³/mol. The third-order valence-electron chi connectivity index (χ3n) is 2.03. The Labute approximate surface area is 99.5 Å². The third kappa shape index (κ3) is 4.59. The molecule has 1 aromatic rings. The smallest absolute Gasteiger partial charge is 0.266 e. The quantitative estimate of drug-likeness (QED) is 0.445. The zero-order chi connectivity index (χ0) is 12.9. The maximum atomic E-state index is 10.6. The number of nitrogens with zero attached hydrogens (tertiary/aromatic N) is 2. The zero-order valence-electron chi connectivity index (χ0n) is 9.46. The van der Waals surface area contributed by atoms with Crippen molar-refractivity contribution in [3.8, 4) is 0 Å². The SMILES string of the molecule is COCCNc1c(N)cnn1CCS(=O)(=O)O. The van der Waals surface area contributed by atoms with E-state index in [0.717, 1.165) is 0 Å². The fourth-order valence-corrected chi connectivity index (χ4v) is 1.64. The first-order valence-electron chi connectivity index (χ1n) is 4.93. The average molecular weight is 264 g/mol. The van der Waals surface area contributed by atoms with Crippen LogP contribution in [0.15, 0.2) is 6.20 Å². The van der Waals surface area contributed by atoms with Gasteiger partial charge in [-0.05, 0) is 0 Å². The Kier molecular flexibility index (Phi) is 4.73. The van der Waals surface area contributed by atoms with E-state index in [-0.39, 0.29) is 6.54 Å². The van der Waals surface area contributed by atoms with E-state index in [2.05, 4.69) is 10.4 Å². The Morgan fingerprint density at radius 1 is 1.65 bits per heavy atom. The second-order valence-corrected chi connectivity index (χ2v) is 4.95. The number of hydrogen-bond donors (Lipinski definition) is 3. The summed E-state index contributed by atoms with van der Waals surface area (Å²) in [5, 5.41) is 6.88. The van der Waals surface area contributed by atoms with Crippen LogP contribution in [-0.4, -0.2) is 48.8 Å². The van der Waals surface area contributed by atoms with Gasteiger partial charge in [0.05, 0.1) is 30.8 Å². The molecular formula is C8H16N4O4S. The molecule has 1 aromatic heterocycles. The summed E-state index contributed by atoms with van der Waals surface area (Å²) >= 11 is 0. The Morgan fingerprint density at radius 2 is 2.35 bits per heavy atom. The molecule has 0 bridgehead atoms.